The first-order valence-electron chi connectivity index (χ1n) is 4.51. The minimum atomic E-state index is 0.160. The van der Waals surface area contributed by atoms with Crippen LogP contribution in [0, 0.1) is 6.57 Å². The first kappa shape index (κ1) is 10.9. The smallest absolute Gasteiger partial charge is 0.217 e. The molecular weight excluding hydrogens is 243 g/mol. The van der Waals surface area contributed by atoms with Crippen LogP contribution in [0.1, 0.15) is 0 Å². The lowest BCUT2D eigenvalue weighted by Gasteiger charge is -2.06. The van der Waals surface area contributed by atoms with E-state index in [0.717, 1.165) is 5.56 Å². The molecule has 0 fully saturated rings. The van der Waals surface area contributed by atoms with Crippen molar-refractivity contribution in [2.75, 3.05) is 0 Å². The molecule has 0 saturated carbocycles. The predicted molar refractivity (Wildman–Crippen MR) is 66.0 cm³/mol. The third-order valence-corrected chi connectivity index (χ3v) is 2.89. The summed E-state index contributed by atoms with van der Waals surface area (Å²) in [5, 5.41) is 0.366. The third-order valence-electron chi connectivity index (χ3n) is 2.15. The standard InChI is InChI=1S/C12H6Cl2N2/c1-15-11-9(7-16-12(14)10(11)13)8-5-3-2-4-6-8/h2-7H. The van der Waals surface area contributed by atoms with Crippen molar-refractivity contribution in [2.45, 2.75) is 0 Å². The summed E-state index contributed by atoms with van der Waals surface area (Å²) >= 11 is 11.7. The summed E-state index contributed by atoms with van der Waals surface area (Å²) < 4.78 is 0. The molecule has 1 aromatic heterocycles. The number of halogens is 2. The molecule has 78 valence electrons. The van der Waals surface area contributed by atoms with Gasteiger partial charge in [-0.05, 0) is 5.56 Å². The highest BCUT2D eigenvalue weighted by Gasteiger charge is 2.12. The Labute approximate surface area is 103 Å². The van der Waals surface area contributed by atoms with Gasteiger partial charge < -0.3 is 0 Å². The van der Waals surface area contributed by atoms with Gasteiger partial charge in [0.05, 0.1) is 11.6 Å². The number of rotatable bonds is 1. The van der Waals surface area contributed by atoms with Gasteiger partial charge in [0.25, 0.3) is 0 Å². The summed E-state index contributed by atoms with van der Waals surface area (Å²) in [4.78, 5) is 7.35. The Balaban J connectivity index is 2.68. The SMILES string of the molecule is [C-]#[N+]c1c(-c2ccccc2)cnc(Cl)c1Cl. The maximum atomic E-state index is 7.13. The van der Waals surface area contributed by atoms with Crippen LogP contribution < -0.4 is 0 Å². The van der Waals surface area contributed by atoms with Crippen LogP contribution in [-0.4, -0.2) is 4.98 Å². The molecule has 0 aliphatic rings. The third kappa shape index (κ3) is 1.88. The summed E-state index contributed by atoms with van der Waals surface area (Å²) in [6.07, 6.45) is 1.57. The highest BCUT2D eigenvalue weighted by molar-refractivity contribution is 6.43. The summed E-state index contributed by atoms with van der Waals surface area (Å²) in [7, 11) is 0. The van der Waals surface area contributed by atoms with Crippen molar-refractivity contribution in [2.24, 2.45) is 0 Å². The molecule has 0 radical (unpaired) electrons. The maximum absolute atomic E-state index is 7.13. The second-order valence-corrected chi connectivity index (χ2v) is 3.84. The molecule has 0 aliphatic heterocycles. The first-order valence-corrected chi connectivity index (χ1v) is 5.26. The van der Waals surface area contributed by atoms with Gasteiger partial charge in [0, 0.05) is 11.8 Å². The average Bonchev–Trinajstić information content (AvgIpc) is 2.33. The molecule has 0 amide bonds. The van der Waals surface area contributed by atoms with Crippen LogP contribution in [0.4, 0.5) is 5.69 Å². The predicted octanol–water partition coefficient (Wildman–Crippen LogP) is 4.61. The van der Waals surface area contributed by atoms with Crippen LogP contribution in [0.5, 0.6) is 0 Å². The molecule has 0 unspecified atom stereocenters. The number of aromatic nitrogens is 1. The molecule has 0 aliphatic carbocycles. The van der Waals surface area contributed by atoms with Crippen molar-refractivity contribution in [3.8, 4) is 11.1 Å². The van der Waals surface area contributed by atoms with Gasteiger partial charge in [0.2, 0.25) is 5.69 Å². The average molecular weight is 249 g/mol. The van der Waals surface area contributed by atoms with Gasteiger partial charge >= 0.3 is 0 Å². The highest BCUT2D eigenvalue weighted by atomic mass is 35.5. The monoisotopic (exact) mass is 248 g/mol. The molecule has 2 nitrogen and oxygen atoms in total. The van der Waals surface area contributed by atoms with E-state index in [1.54, 1.807) is 6.20 Å². The normalized spacial score (nSPS) is 9.81. The molecule has 16 heavy (non-hydrogen) atoms. The molecule has 4 heteroatoms. The Morgan fingerprint density at radius 1 is 1.12 bits per heavy atom. The quantitative estimate of drug-likeness (QED) is 0.533. The Morgan fingerprint density at radius 2 is 1.81 bits per heavy atom. The fourth-order valence-electron chi connectivity index (χ4n) is 1.39. The van der Waals surface area contributed by atoms with Crippen molar-refractivity contribution in [1.82, 2.24) is 4.98 Å². The molecule has 0 N–H and O–H groups in total. The second-order valence-electron chi connectivity index (χ2n) is 3.10. The van der Waals surface area contributed by atoms with Crippen LogP contribution in [-0.2, 0) is 0 Å². The Bertz CT molecular complexity index is 559. The molecule has 1 heterocycles. The fourth-order valence-corrected chi connectivity index (χ4v) is 1.72. The van der Waals surface area contributed by atoms with Gasteiger partial charge in [-0.3, -0.25) is 0 Å². The number of benzene rings is 1. The van der Waals surface area contributed by atoms with Gasteiger partial charge in [-0.2, -0.15) is 0 Å². The molecule has 0 atom stereocenters. The topological polar surface area (TPSA) is 17.2 Å². The fraction of sp³-hybridized carbons (Fsp3) is 0. The Hall–Kier alpha value is -1.56. The van der Waals surface area contributed by atoms with Crippen LogP contribution in [0.3, 0.4) is 0 Å². The molecule has 2 rings (SSSR count). The van der Waals surface area contributed by atoms with Crippen LogP contribution >= 0.6 is 23.2 Å². The van der Waals surface area contributed by atoms with Gasteiger partial charge in [0.1, 0.15) is 5.15 Å². The summed E-state index contributed by atoms with van der Waals surface area (Å²) in [5.74, 6) is 0. The number of hydrogen-bond acceptors (Lipinski definition) is 1. The largest absolute Gasteiger partial charge is 0.245 e. The lowest BCUT2D eigenvalue weighted by Crippen LogP contribution is -1.83. The Kier molecular flexibility index (Phi) is 3.09. The van der Waals surface area contributed by atoms with Crippen molar-refractivity contribution in [1.29, 1.82) is 0 Å². The van der Waals surface area contributed by atoms with E-state index in [9.17, 15) is 0 Å². The van der Waals surface area contributed by atoms with Gasteiger partial charge in [-0.25, -0.2) is 9.83 Å². The Morgan fingerprint density at radius 3 is 2.44 bits per heavy atom. The van der Waals surface area contributed by atoms with Crippen molar-refractivity contribution in [3.05, 3.63) is 58.1 Å². The van der Waals surface area contributed by atoms with E-state index in [1.165, 1.54) is 0 Å². The van der Waals surface area contributed by atoms with E-state index in [4.69, 9.17) is 29.8 Å². The summed E-state index contributed by atoms with van der Waals surface area (Å²) in [5.41, 5.74) is 1.94. The van der Waals surface area contributed by atoms with E-state index in [-0.39, 0.29) is 10.2 Å². The first-order chi connectivity index (χ1) is 7.74. The van der Waals surface area contributed by atoms with Crippen LogP contribution in [0.15, 0.2) is 36.5 Å². The van der Waals surface area contributed by atoms with Crippen molar-refractivity contribution in [3.63, 3.8) is 0 Å². The molecule has 1 aromatic carbocycles. The summed E-state index contributed by atoms with van der Waals surface area (Å²) in [6.45, 7) is 7.13. The zero-order valence-corrected chi connectivity index (χ0v) is 9.63. The van der Waals surface area contributed by atoms with Crippen LogP contribution in [0.25, 0.3) is 16.0 Å². The van der Waals surface area contributed by atoms with Gasteiger partial charge in [-0.15, -0.1) is 0 Å². The molecular formula is C12H6Cl2N2. The minimum absolute atomic E-state index is 0.160. The molecule has 0 bridgehead atoms. The van der Waals surface area contributed by atoms with E-state index in [1.807, 2.05) is 30.3 Å². The van der Waals surface area contributed by atoms with E-state index >= 15 is 0 Å². The van der Waals surface area contributed by atoms with Gasteiger partial charge in [-0.1, -0.05) is 53.5 Å². The van der Waals surface area contributed by atoms with E-state index < -0.39 is 0 Å². The van der Waals surface area contributed by atoms with Crippen LogP contribution in [0.2, 0.25) is 10.2 Å². The lowest BCUT2D eigenvalue weighted by molar-refractivity contribution is 1.33. The lowest BCUT2D eigenvalue weighted by atomic mass is 10.1. The highest BCUT2D eigenvalue weighted by Crippen LogP contribution is 2.38. The number of nitrogens with zero attached hydrogens (tertiary/aromatic N) is 2. The summed E-state index contributed by atoms with van der Waals surface area (Å²) in [6, 6.07) is 9.50. The zero-order chi connectivity index (χ0) is 11.5. The second kappa shape index (κ2) is 4.52. The molecule has 0 spiro atoms. The van der Waals surface area contributed by atoms with Crippen molar-refractivity contribution >= 4 is 28.9 Å². The molecule has 0 saturated heterocycles. The van der Waals surface area contributed by atoms with E-state index in [0.29, 0.717) is 11.3 Å². The van der Waals surface area contributed by atoms with Gasteiger partial charge in [0.15, 0.2) is 0 Å². The minimum Gasteiger partial charge on any atom is -0.245 e. The zero-order valence-electron chi connectivity index (χ0n) is 8.11. The maximum Gasteiger partial charge on any atom is 0.217 e. The number of hydrogen-bond donors (Lipinski definition) is 0. The van der Waals surface area contributed by atoms with Crippen molar-refractivity contribution < 1.29 is 0 Å². The molecule has 2 aromatic rings. The van der Waals surface area contributed by atoms with E-state index in [2.05, 4.69) is 9.83 Å². The number of pyridine rings is 1.